The molecule has 0 bridgehead atoms. The largest absolute Gasteiger partial charge is 0.332 e. The summed E-state index contributed by atoms with van der Waals surface area (Å²) in [5.41, 5.74) is 7.05. The van der Waals surface area contributed by atoms with Crippen LogP contribution in [0.25, 0.3) is 11.2 Å². The Bertz CT molecular complexity index is 1410. The molecule has 0 atom stereocenters. The molecule has 0 saturated carbocycles. The van der Waals surface area contributed by atoms with Crippen molar-refractivity contribution in [3.63, 3.8) is 0 Å². The Morgan fingerprint density at radius 1 is 1.00 bits per heavy atom. The minimum Gasteiger partial charge on any atom is -0.298 e. The Kier molecular flexibility index (Phi) is 5.29. The minimum atomic E-state index is -0.423. The van der Waals surface area contributed by atoms with E-state index in [0.29, 0.717) is 23.7 Å². The number of hydrogen-bond donors (Lipinski definition) is 1. The lowest BCUT2D eigenvalue weighted by Crippen LogP contribution is -2.37. The number of fused-ring (bicyclic) bond motifs is 1. The molecule has 0 fully saturated rings. The molecule has 2 aromatic heterocycles. The highest BCUT2D eigenvalue weighted by Gasteiger charge is 2.19. The van der Waals surface area contributed by atoms with Gasteiger partial charge in [0.25, 0.3) is 5.56 Å². The Balaban J connectivity index is 1.83. The maximum absolute atomic E-state index is 13.0. The molecule has 0 amide bonds. The third-order valence-electron chi connectivity index (χ3n) is 5.39. The van der Waals surface area contributed by atoms with Crippen molar-refractivity contribution in [2.24, 2.45) is 19.2 Å². The lowest BCUT2D eigenvalue weighted by Gasteiger charge is -2.11. The van der Waals surface area contributed by atoms with Crippen LogP contribution in [0.1, 0.15) is 22.3 Å². The quantitative estimate of drug-likeness (QED) is 0.400. The molecule has 0 aliphatic rings. The predicted octanol–water partition coefficient (Wildman–Crippen LogP) is 2.54. The molecule has 0 spiro atoms. The molecule has 158 valence electrons. The van der Waals surface area contributed by atoms with Crippen LogP contribution in [0, 0.1) is 13.8 Å². The second-order valence-electron chi connectivity index (χ2n) is 7.61. The lowest BCUT2D eigenvalue weighted by molar-refractivity contribution is 0.702. The Labute approximate surface area is 179 Å². The van der Waals surface area contributed by atoms with Gasteiger partial charge in [0.05, 0.1) is 12.8 Å². The van der Waals surface area contributed by atoms with Crippen molar-refractivity contribution in [3.05, 3.63) is 91.6 Å². The van der Waals surface area contributed by atoms with Gasteiger partial charge in [-0.3, -0.25) is 18.5 Å². The molecular weight excluding hydrogens is 392 g/mol. The van der Waals surface area contributed by atoms with E-state index in [0.717, 1.165) is 21.3 Å². The van der Waals surface area contributed by atoms with E-state index in [1.165, 1.54) is 17.2 Å². The molecule has 2 aromatic carbocycles. The van der Waals surface area contributed by atoms with Gasteiger partial charge in [-0.2, -0.15) is 10.1 Å². The highest BCUT2D eigenvalue weighted by Crippen LogP contribution is 2.19. The number of aromatic nitrogens is 4. The molecule has 0 aliphatic heterocycles. The van der Waals surface area contributed by atoms with Crippen LogP contribution < -0.4 is 16.7 Å². The van der Waals surface area contributed by atoms with Gasteiger partial charge in [-0.1, -0.05) is 54.1 Å². The number of benzene rings is 2. The van der Waals surface area contributed by atoms with Gasteiger partial charge in [0.15, 0.2) is 11.2 Å². The van der Waals surface area contributed by atoms with Crippen LogP contribution in [0.15, 0.2) is 63.2 Å². The summed E-state index contributed by atoms with van der Waals surface area (Å²) in [6.07, 6.45) is 1.69. The predicted molar refractivity (Wildman–Crippen MR) is 123 cm³/mol. The molecule has 0 aliphatic carbocycles. The highest BCUT2D eigenvalue weighted by molar-refractivity contribution is 5.80. The summed E-state index contributed by atoms with van der Waals surface area (Å²) in [5.74, 6) is 0.389. The first-order valence-corrected chi connectivity index (χ1v) is 9.93. The minimum absolute atomic E-state index is 0.315. The standard InChI is InChI=1S/C23H24N6O2/c1-15-9-11-17(12-10-15)13-24-26-22-25-20-19(21(30)28(4)23(31)27(20)3)29(22)14-18-8-6-5-7-16(18)2/h5-13H,14H2,1-4H3,(H,25,26)/b24-13-. The van der Waals surface area contributed by atoms with Crippen LogP contribution in [-0.4, -0.2) is 24.9 Å². The SMILES string of the molecule is Cc1ccc(/C=N\Nc2nc3c(c(=O)n(C)c(=O)n3C)n2Cc2ccccc2C)cc1. The highest BCUT2D eigenvalue weighted by atomic mass is 16.2. The summed E-state index contributed by atoms with van der Waals surface area (Å²) in [6.45, 7) is 4.46. The van der Waals surface area contributed by atoms with Crippen LogP contribution in [-0.2, 0) is 20.6 Å². The molecule has 2 heterocycles. The number of imidazole rings is 1. The molecule has 4 aromatic rings. The summed E-state index contributed by atoms with van der Waals surface area (Å²) in [7, 11) is 3.08. The zero-order valence-corrected chi connectivity index (χ0v) is 18.0. The van der Waals surface area contributed by atoms with Crippen molar-refractivity contribution >= 4 is 23.3 Å². The average Bonchev–Trinajstić information content (AvgIpc) is 3.12. The molecule has 8 heteroatoms. The van der Waals surface area contributed by atoms with Gasteiger partial charge >= 0.3 is 5.69 Å². The van der Waals surface area contributed by atoms with Gasteiger partial charge in [-0.15, -0.1) is 0 Å². The van der Waals surface area contributed by atoms with Crippen molar-refractivity contribution in [2.45, 2.75) is 20.4 Å². The van der Waals surface area contributed by atoms with Crippen LogP contribution in [0.5, 0.6) is 0 Å². The van der Waals surface area contributed by atoms with Crippen molar-refractivity contribution in [2.75, 3.05) is 5.43 Å². The lowest BCUT2D eigenvalue weighted by atomic mass is 10.1. The Morgan fingerprint density at radius 3 is 2.42 bits per heavy atom. The number of rotatable bonds is 5. The normalized spacial score (nSPS) is 11.5. The fourth-order valence-corrected chi connectivity index (χ4v) is 3.46. The van der Waals surface area contributed by atoms with Gasteiger partial charge in [0, 0.05) is 14.1 Å². The molecule has 4 rings (SSSR count). The molecular formula is C23H24N6O2. The summed E-state index contributed by atoms with van der Waals surface area (Å²) >= 11 is 0. The van der Waals surface area contributed by atoms with Crippen molar-refractivity contribution in [1.82, 2.24) is 18.7 Å². The molecule has 0 radical (unpaired) electrons. The number of nitrogens with zero attached hydrogens (tertiary/aromatic N) is 5. The van der Waals surface area contributed by atoms with Gasteiger partial charge in [0.2, 0.25) is 5.95 Å². The maximum atomic E-state index is 13.0. The van der Waals surface area contributed by atoms with E-state index in [9.17, 15) is 9.59 Å². The van der Waals surface area contributed by atoms with E-state index in [2.05, 4.69) is 15.5 Å². The second kappa shape index (κ2) is 8.06. The Hall–Kier alpha value is -3.94. The van der Waals surface area contributed by atoms with Gasteiger partial charge < -0.3 is 0 Å². The fourth-order valence-electron chi connectivity index (χ4n) is 3.46. The van der Waals surface area contributed by atoms with Gasteiger partial charge in [0.1, 0.15) is 0 Å². The van der Waals surface area contributed by atoms with E-state index in [4.69, 9.17) is 0 Å². The van der Waals surface area contributed by atoms with Crippen molar-refractivity contribution in [1.29, 1.82) is 0 Å². The van der Waals surface area contributed by atoms with E-state index in [1.54, 1.807) is 17.8 Å². The van der Waals surface area contributed by atoms with Gasteiger partial charge in [-0.25, -0.2) is 10.2 Å². The molecule has 1 N–H and O–H groups in total. The summed E-state index contributed by atoms with van der Waals surface area (Å²) in [6, 6.07) is 15.9. The van der Waals surface area contributed by atoms with E-state index in [1.807, 2.05) is 62.4 Å². The number of aryl methyl sites for hydroxylation is 3. The van der Waals surface area contributed by atoms with E-state index < -0.39 is 11.2 Å². The zero-order chi connectivity index (χ0) is 22.1. The average molecular weight is 416 g/mol. The zero-order valence-electron chi connectivity index (χ0n) is 18.0. The second-order valence-corrected chi connectivity index (χ2v) is 7.61. The first-order valence-electron chi connectivity index (χ1n) is 9.93. The third kappa shape index (κ3) is 3.79. The van der Waals surface area contributed by atoms with Crippen LogP contribution in [0.3, 0.4) is 0 Å². The monoisotopic (exact) mass is 416 g/mol. The maximum Gasteiger partial charge on any atom is 0.332 e. The fraction of sp³-hybridized carbons (Fsp3) is 0.217. The first-order chi connectivity index (χ1) is 14.9. The molecule has 0 saturated heterocycles. The van der Waals surface area contributed by atoms with Crippen LogP contribution >= 0.6 is 0 Å². The molecule has 0 unspecified atom stereocenters. The van der Waals surface area contributed by atoms with E-state index in [-0.39, 0.29) is 0 Å². The summed E-state index contributed by atoms with van der Waals surface area (Å²) < 4.78 is 4.24. The van der Waals surface area contributed by atoms with Crippen molar-refractivity contribution in [3.8, 4) is 0 Å². The van der Waals surface area contributed by atoms with Gasteiger partial charge in [-0.05, 0) is 30.5 Å². The molecule has 31 heavy (non-hydrogen) atoms. The summed E-state index contributed by atoms with van der Waals surface area (Å²) in [5, 5.41) is 4.31. The van der Waals surface area contributed by atoms with Crippen LogP contribution in [0.4, 0.5) is 5.95 Å². The summed E-state index contributed by atoms with van der Waals surface area (Å²) in [4.78, 5) is 29.9. The smallest absolute Gasteiger partial charge is 0.298 e. The Morgan fingerprint density at radius 2 is 1.71 bits per heavy atom. The van der Waals surface area contributed by atoms with E-state index >= 15 is 0 Å². The first kappa shape index (κ1) is 20.3. The molecule has 8 nitrogen and oxygen atoms in total. The number of hydrazone groups is 1. The number of anilines is 1. The number of nitrogens with one attached hydrogen (secondary N) is 1. The third-order valence-corrected chi connectivity index (χ3v) is 5.39. The topological polar surface area (TPSA) is 86.2 Å². The number of hydrogen-bond acceptors (Lipinski definition) is 5. The van der Waals surface area contributed by atoms with Crippen LogP contribution in [0.2, 0.25) is 0 Å². The van der Waals surface area contributed by atoms with Crippen molar-refractivity contribution < 1.29 is 0 Å².